The maximum absolute atomic E-state index is 13.4. The highest BCUT2D eigenvalue weighted by molar-refractivity contribution is 5.21. The molecule has 0 saturated carbocycles. The fourth-order valence-corrected chi connectivity index (χ4v) is 1.83. The van der Waals surface area contributed by atoms with E-state index in [0.717, 1.165) is 23.8 Å². The largest absolute Gasteiger partial charge is 0.387 e. The predicted octanol–water partition coefficient (Wildman–Crippen LogP) is 2.79. The Morgan fingerprint density at radius 3 is 2.53 bits per heavy atom. The van der Waals surface area contributed by atoms with E-state index in [1.165, 1.54) is 0 Å². The molecule has 0 bridgehead atoms. The van der Waals surface area contributed by atoms with Crippen molar-refractivity contribution in [3.8, 4) is 0 Å². The van der Waals surface area contributed by atoms with Gasteiger partial charge in [0.25, 0.3) is 0 Å². The number of aliphatic hydroxyl groups is 1. The van der Waals surface area contributed by atoms with E-state index in [9.17, 15) is 13.9 Å². The number of rotatable bonds is 5. The van der Waals surface area contributed by atoms with Crippen LogP contribution in [-0.2, 0) is 6.54 Å². The highest BCUT2D eigenvalue weighted by atomic mass is 19.1. The molecule has 2 aromatic rings. The minimum Gasteiger partial charge on any atom is -0.387 e. The van der Waals surface area contributed by atoms with Crippen molar-refractivity contribution < 1.29 is 13.9 Å². The summed E-state index contributed by atoms with van der Waals surface area (Å²) >= 11 is 0. The van der Waals surface area contributed by atoms with Crippen LogP contribution in [0.5, 0.6) is 0 Å². The Morgan fingerprint density at radius 2 is 1.79 bits per heavy atom. The van der Waals surface area contributed by atoms with Gasteiger partial charge in [-0.3, -0.25) is 0 Å². The van der Waals surface area contributed by atoms with Crippen LogP contribution in [0.4, 0.5) is 8.78 Å². The first-order valence-electron chi connectivity index (χ1n) is 6.04. The fraction of sp³-hybridized carbons (Fsp3) is 0.200. The molecule has 1 unspecified atom stereocenters. The van der Waals surface area contributed by atoms with E-state index in [1.54, 1.807) is 0 Å². The van der Waals surface area contributed by atoms with Crippen LogP contribution < -0.4 is 5.32 Å². The van der Waals surface area contributed by atoms with E-state index in [-0.39, 0.29) is 12.1 Å². The van der Waals surface area contributed by atoms with Crippen molar-refractivity contribution in [1.82, 2.24) is 5.32 Å². The van der Waals surface area contributed by atoms with Gasteiger partial charge in [0.2, 0.25) is 0 Å². The molecule has 19 heavy (non-hydrogen) atoms. The summed E-state index contributed by atoms with van der Waals surface area (Å²) in [7, 11) is 0. The molecule has 0 aliphatic heterocycles. The van der Waals surface area contributed by atoms with Gasteiger partial charge in [0.1, 0.15) is 11.6 Å². The standard InChI is InChI=1S/C15H15F2NO/c16-12-6-7-14(17)13(8-12)15(19)10-18-9-11-4-2-1-3-5-11/h1-8,15,18-19H,9-10H2. The average molecular weight is 263 g/mol. The molecule has 100 valence electrons. The third-order valence-electron chi connectivity index (χ3n) is 2.83. The number of benzene rings is 2. The molecular weight excluding hydrogens is 248 g/mol. The Morgan fingerprint density at radius 1 is 1.05 bits per heavy atom. The Labute approximate surface area is 110 Å². The molecule has 0 aliphatic rings. The first kappa shape index (κ1) is 13.6. The molecule has 2 aromatic carbocycles. The van der Waals surface area contributed by atoms with Crippen molar-refractivity contribution in [2.45, 2.75) is 12.6 Å². The van der Waals surface area contributed by atoms with E-state index < -0.39 is 17.7 Å². The van der Waals surface area contributed by atoms with Gasteiger partial charge in [-0.05, 0) is 23.8 Å². The molecule has 0 saturated heterocycles. The van der Waals surface area contributed by atoms with Gasteiger partial charge in [0, 0.05) is 18.7 Å². The summed E-state index contributed by atoms with van der Waals surface area (Å²) in [5.74, 6) is -1.16. The zero-order valence-electron chi connectivity index (χ0n) is 10.3. The van der Waals surface area contributed by atoms with Gasteiger partial charge < -0.3 is 10.4 Å². The summed E-state index contributed by atoms with van der Waals surface area (Å²) < 4.78 is 26.4. The lowest BCUT2D eigenvalue weighted by Gasteiger charge is -2.13. The smallest absolute Gasteiger partial charge is 0.129 e. The van der Waals surface area contributed by atoms with Crippen molar-refractivity contribution >= 4 is 0 Å². The van der Waals surface area contributed by atoms with Gasteiger partial charge in [-0.25, -0.2) is 8.78 Å². The average Bonchev–Trinajstić information content (AvgIpc) is 2.42. The second-order valence-corrected chi connectivity index (χ2v) is 4.30. The molecule has 0 amide bonds. The van der Waals surface area contributed by atoms with Crippen molar-refractivity contribution in [2.75, 3.05) is 6.54 Å². The molecule has 0 aliphatic carbocycles. The van der Waals surface area contributed by atoms with E-state index in [0.29, 0.717) is 6.54 Å². The summed E-state index contributed by atoms with van der Waals surface area (Å²) in [6.45, 7) is 0.726. The van der Waals surface area contributed by atoms with E-state index in [2.05, 4.69) is 5.32 Å². The van der Waals surface area contributed by atoms with E-state index in [4.69, 9.17) is 0 Å². The van der Waals surface area contributed by atoms with Crippen molar-refractivity contribution in [1.29, 1.82) is 0 Å². The Hall–Kier alpha value is -1.78. The zero-order chi connectivity index (χ0) is 13.7. The monoisotopic (exact) mass is 263 g/mol. The quantitative estimate of drug-likeness (QED) is 0.869. The first-order valence-corrected chi connectivity index (χ1v) is 6.04. The van der Waals surface area contributed by atoms with Crippen LogP contribution in [0.1, 0.15) is 17.2 Å². The lowest BCUT2D eigenvalue weighted by molar-refractivity contribution is 0.169. The SMILES string of the molecule is OC(CNCc1ccccc1)c1cc(F)ccc1F. The fourth-order valence-electron chi connectivity index (χ4n) is 1.83. The third-order valence-corrected chi connectivity index (χ3v) is 2.83. The van der Waals surface area contributed by atoms with Crippen LogP contribution in [0.15, 0.2) is 48.5 Å². The second kappa shape index (κ2) is 6.41. The summed E-state index contributed by atoms with van der Waals surface area (Å²) in [5, 5.41) is 12.8. The van der Waals surface area contributed by atoms with Crippen LogP contribution in [0, 0.1) is 11.6 Å². The molecule has 2 nitrogen and oxygen atoms in total. The van der Waals surface area contributed by atoms with Gasteiger partial charge in [-0.2, -0.15) is 0 Å². The van der Waals surface area contributed by atoms with Gasteiger partial charge in [-0.1, -0.05) is 30.3 Å². The Kier molecular flexibility index (Phi) is 4.60. The lowest BCUT2D eigenvalue weighted by Crippen LogP contribution is -2.21. The van der Waals surface area contributed by atoms with Gasteiger partial charge in [-0.15, -0.1) is 0 Å². The first-order chi connectivity index (χ1) is 9.16. The molecule has 0 heterocycles. The van der Waals surface area contributed by atoms with Crippen LogP contribution in [0.3, 0.4) is 0 Å². The van der Waals surface area contributed by atoms with Crippen LogP contribution in [0.2, 0.25) is 0 Å². The molecular formula is C15H15F2NO. The highest BCUT2D eigenvalue weighted by Crippen LogP contribution is 2.17. The number of halogens is 2. The summed E-state index contributed by atoms with van der Waals surface area (Å²) in [6.07, 6.45) is -1.07. The van der Waals surface area contributed by atoms with Crippen LogP contribution in [0.25, 0.3) is 0 Å². The zero-order valence-corrected chi connectivity index (χ0v) is 10.3. The number of aliphatic hydroxyl groups excluding tert-OH is 1. The molecule has 4 heteroatoms. The molecule has 0 aromatic heterocycles. The minimum atomic E-state index is -1.07. The van der Waals surface area contributed by atoms with Crippen LogP contribution >= 0.6 is 0 Å². The summed E-state index contributed by atoms with van der Waals surface area (Å²) in [5.41, 5.74) is 1.04. The molecule has 2 N–H and O–H groups in total. The molecule has 2 rings (SSSR count). The highest BCUT2D eigenvalue weighted by Gasteiger charge is 2.13. The molecule has 0 fully saturated rings. The van der Waals surface area contributed by atoms with Crippen LogP contribution in [-0.4, -0.2) is 11.7 Å². The topological polar surface area (TPSA) is 32.3 Å². The molecule has 1 atom stereocenters. The number of hydrogen-bond acceptors (Lipinski definition) is 2. The van der Waals surface area contributed by atoms with Crippen molar-refractivity contribution in [3.05, 3.63) is 71.3 Å². The number of hydrogen-bond donors (Lipinski definition) is 2. The lowest BCUT2D eigenvalue weighted by atomic mass is 10.1. The van der Waals surface area contributed by atoms with Gasteiger partial charge in [0.05, 0.1) is 6.10 Å². The Bertz CT molecular complexity index is 531. The minimum absolute atomic E-state index is 0.0273. The van der Waals surface area contributed by atoms with Gasteiger partial charge >= 0.3 is 0 Å². The van der Waals surface area contributed by atoms with Crippen molar-refractivity contribution in [3.63, 3.8) is 0 Å². The third kappa shape index (κ3) is 3.84. The number of nitrogens with one attached hydrogen (secondary N) is 1. The second-order valence-electron chi connectivity index (χ2n) is 4.30. The summed E-state index contributed by atoms with van der Waals surface area (Å²) in [6, 6.07) is 12.7. The normalized spacial score (nSPS) is 12.4. The van der Waals surface area contributed by atoms with Crippen molar-refractivity contribution in [2.24, 2.45) is 0 Å². The summed E-state index contributed by atoms with van der Waals surface area (Å²) in [4.78, 5) is 0. The van der Waals surface area contributed by atoms with E-state index in [1.807, 2.05) is 30.3 Å². The maximum atomic E-state index is 13.4. The Balaban J connectivity index is 1.91. The maximum Gasteiger partial charge on any atom is 0.129 e. The van der Waals surface area contributed by atoms with E-state index >= 15 is 0 Å². The predicted molar refractivity (Wildman–Crippen MR) is 69.5 cm³/mol. The molecule has 0 radical (unpaired) electrons. The van der Waals surface area contributed by atoms with Gasteiger partial charge in [0.15, 0.2) is 0 Å². The molecule has 0 spiro atoms.